The Morgan fingerprint density at radius 1 is 1.09 bits per heavy atom. The average molecular weight is 156 g/mol. The van der Waals surface area contributed by atoms with Crippen molar-refractivity contribution in [2.75, 3.05) is 0 Å². The summed E-state index contributed by atoms with van der Waals surface area (Å²) in [5, 5.41) is 8.48. The third kappa shape index (κ3) is 6.02. The van der Waals surface area contributed by atoms with Gasteiger partial charge in [0.2, 0.25) is 0 Å². The fourth-order valence-electron chi connectivity index (χ4n) is 0.707. The molecule has 0 amide bonds. The normalized spacial score (nSPS) is 13.3. The van der Waals surface area contributed by atoms with Crippen LogP contribution >= 0.6 is 0 Å². The van der Waals surface area contributed by atoms with Gasteiger partial charge in [-0.1, -0.05) is 13.8 Å². The number of hydrogen-bond donors (Lipinski definition) is 0. The molecule has 0 aliphatic rings. The molecule has 0 bridgehead atoms. The maximum Gasteiger partial charge on any atom is 0.0732 e. The predicted molar refractivity (Wildman–Crippen MR) is 49.0 cm³/mol. The molecule has 0 heterocycles. The predicted octanol–water partition coefficient (Wildman–Crippen LogP) is 3.43. The molecule has 0 aromatic carbocycles. The summed E-state index contributed by atoms with van der Waals surface area (Å²) in [6.45, 7) is 10.5. The molecule has 0 rings (SSSR count). The Labute approximate surface area is 70.1 Å². The molecule has 2 nitrogen and oxygen atoms in total. The van der Waals surface area contributed by atoms with Crippen LogP contribution in [-0.4, -0.2) is 11.6 Å². The first-order valence-corrected chi connectivity index (χ1v) is 4.41. The summed E-state index contributed by atoms with van der Waals surface area (Å²) in [6.07, 6.45) is 2.19. The summed E-state index contributed by atoms with van der Waals surface area (Å²) in [6, 6.07) is 0.425. The highest BCUT2D eigenvalue weighted by atomic mass is 15.2. The largest absolute Gasteiger partial charge is 0.190 e. The van der Waals surface area contributed by atoms with Crippen molar-refractivity contribution in [2.24, 2.45) is 10.2 Å². The highest BCUT2D eigenvalue weighted by Crippen LogP contribution is 2.10. The molecule has 0 aliphatic carbocycles. The van der Waals surface area contributed by atoms with E-state index in [1.165, 1.54) is 0 Å². The van der Waals surface area contributed by atoms with Crippen molar-refractivity contribution in [1.29, 1.82) is 0 Å². The first kappa shape index (κ1) is 10.6. The topological polar surface area (TPSA) is 24.7 Å². The molecule has 0 fully saturated rings. The lowest BCUT2D eigenvalue weighted by molar-refractivity contribution is 0.494. The van der Waals surface area contributed by atoms with Gasteiger partial charge in [0.25, 0.3) is 0 Å². The second-order valence-corrected chi connectivity index (χ2v) is 3.86. The molecule has 0 aromatic rings. The monoisotopic (exact) mass is 156 g/mol. The smallest absolute Gasteiger partial charge is 0.0732 e. The van der Waals surface area contributed by atoms with Gasteiger partial charge in [-0.15, -0.1) is 0 Å². The van der Waals surface area contributed by atoms with Crippen LogP contribution in [0, 0.1) is 0 Å². The standard InChI is InChI=1S/C9H20N2/c1-6-8(7-2)10-11-9(3,4)5/h8H,6-7H2,1-5H3. The van der Waals surface area contributed by atoms with Crippen molar-refractivity contribution >= 4 is 0 Å². The van der Waals surface area contributed by atoms with E-state index in [1.807, 2.05) is 0 Å². The van der Waals surface area contributed by atoms with E-state index in [1.54, 1.807) is 0 Å². The van der Waals surface area contributed by atoms with Gasteiger partial charge in [-0.05, 0) is 33.6 Å². The quantitative estimate of drug-likeness (QED) is 0.559. The van der Waals surface area contributed by atoms with Gasteiger partial charge >= 0.3 is 0 Å². The summed E-state index contributed by atoms with van der Waals surface area (Å²) < 4.78 is 0. The summed E-state index contributed by atoms with van der Waals surface area (Å²) in [7, 11) is 0. The van der Waals surface area contributed by atoms with E-state index in [0.29, 0.717) is 6.04 Å². The lowest BCUT2D eigenvalue weighted by Gasteiger charge is -2.11. The Kier molecular flexibility index (Phi) is 4.31. The van der Waals surface area contributed by atoms with Crippen molar-refractivity contribution in [1.82, 2.24) is 0 Å². The van der Waals surface area contributed by atoms with Crippen molar-refractivity contribution in [2.45, 2.75) is 59.0 Å². The van der Waals surface area contributed by atoms with Crippen LogP contribution in [0.4, 0.5) is 0 Å². The molecule has 66 valence electrons. The van der Waals surface area contributed by atoms with Gasteiger partial charge in [0.1, 0.15) is 0 Å². The van der Waals surface area contributed by atoms with Crippen LogP contribution < -0.4 is 0 Å². The molecule has 2 heteroatoms. The fraction of sp³-hybridized carbons (Fsp3) is 1.00. The molecule has 0 aromatic heterocycles. The zero-order chi connectivity index (χ0) is 8.91. The van der Waals surface area contributed by atoms with Gasteiger partial charge in [0.15, 0.2) is 0 Å². The van der Waals surface area contributed by atoms with Crippen molar-refractivity contribution in [3.63, 3.8) is 0 Å². The zero-order valence-corrected chi connectivity index (χ0v) is 8.39. The van der Waals surface area contributed by atoms with E-state index < -0.39 is 0 Å². The first-order valence-electron chi connectivity index (χ1n) is 4.41. The molecule has 0 unspecified atom stereocenters. The molecule has 0 aliphatic heterocycles. The highest BCUT2D eigenvalue weighted by Gasteiger charge is 2.08. The number of rotatable bonds is 3. The van der Waals surface area contributed by atoms with Gasteiger partial charge in [-0.2, -0.15) is 10.2 Å². The number of nitrogens with zero attached hydrogens (tertiary/aromatic N) is 2. The fourth-order valence-corrected chi connectivity index (χ4v) is 0.707. The lowest BCUT2D eigenvalue weighted by Crippen LogP contribution is -2.10. The Morgan fingerprint density at radius 2 is 1.55 bits per heavy atom. The van der Waals surface area contributed by atoms with Gasteiger partial charge < -0.3 is 0 Å². The second kappa shape index (κ2) is 4.47. The minimum Gasteiger partial charge on any atom is -0.190 e. The van der Waals surface area contributed by atoms with E-state index in [0.717, 1.165) is 12.8 Å². The Bertz CT molecular complexity index is 118. The van der Waals surface area contributed by atoms with Crippen LogP contribution in [0.2, 0.25) is 0 Å². The second-order valence-electron chi connectivity index (χ2n) is 3.86. The van der Waals surface area contributed by atoms with E-state index in [-0.39, 0.29) is 5.54 Å². The van der Waals surface area contributed by atoms with Crippen LogP contribution in [0.5, 0.6) is 0 Å². The molecular weight excluding hydrogens is 136 g/mol. The molecule has 0 saturated carbocycles. The maximum absolute atomic E-state index is 4.26. The van der Waals surface area contributed by atoms with E-state index in [9.17, 15) is 0 Å². The number of azo groups is 1. The molecule has 0 spiro atoms. The van der Waals surface area contributed by atoms with Crippen LogP contribution in [0.1, 0.15) is 47.5 Å². The van der Waals surface area contributed by atoms with E-state index in [2.05, 4.69) is 44.8 Å². The zero-order valence-electron chi connectivity index (χ0n) is 8.39. The minimum absolute atomic E-state index is 0.0113. The summed E-state index contributed by atoms with van der Waals surface area (Å²) in [4.78, 5) is 0. The Hall–Kier alpha value is -0.400. The highest BCUT2D eigenvalue weighted by molar-refractivity contribution is 4.69. The molecular formula is C9H20N2. The summed E-state index contributed by atoms with van der Waals surface area (Å²) in [5.74, 6) is 0. The average Bonchev–Trinajstić information content (AvgIpc) is 1.88. The van der Waals surface area contributed by atoms with Crippen LogP contribution in [0.3, 0.4) is 0 Å². The molecule has 0 atom stereocenters. The minimum atomic E-state index is -0.0113. The van der Waals surface area contributed by atoms with Crippen molar-refractivity contribution in [3.8, 4) is 0 Å². The SMILES string of the molecule is CCC(CC)N=NC(C)(C)C. The van der Waals surface area contributed by atoms with Crippen LogP contribution in [-0.2, 0) is 0 Å². The first-order chi connectivity index (χ1) is 4.99. The van der Waals surface area contributed by atoms with E-state index in [4.69, 9.17) is 0 Å². The van der Waals surface area contributed by atoms with E-state index >= 15 is 0 Å². The lowest BCUT2D eigenvalue weighted by atomic mass is 10.1. The van der Waals surface area contributed by atoms with Gasteiger partial charge in [-0.25, -0.2) is 0 Å². The van der Waals surface area contributed by atoms with Crippen LogP contribution in [0.25, 0.3) is 0 Å². The van der Waals surface area contributed by atoms with Crippen molar-refractivity contribution < 1.29 is 0 Å². The van der Waals surface area contributed by atoms with Crippen molar-refractivity contribution in [3.05, 3.63) is 0 Å². The molecule has 11 heavy (non-hydrogen) atoms. The third-order valence-corrected chi connectivity index (χ3v) is 1.46. The Balaban J connectivity index is 3.89. The third-order valence-electron chi connectivity index (χ3n) is 1.46. The van der Waals surface area contributed by atoms with Gasteiger partial charge in [-0.3, -0.25) is 0 Å². The molecule has 0 N–H and O–H groups in total. The summed E-state index contributed by atoms with van der Waals surface area (Å²) in [5.41, 5.74) is -0.0113. The van der Waals surface area contributed by atoms with Crippen LogP contribution in [0.15, 0.2) is 10.2 Å². The molecule has 0 saturated heterocycles. The molecule has 0 radical (unpaired) electrons. The van der Waals surface area contributed by atoms with Gasteiger partial charge in [0, 0.05) is 0 Å². The van der Waals surface area contributed by atoms with Gasteiger partial charge in [0.05, 0.1) is 11.6 Å². The Morgan fingerprint density at radius 3 is 1.82 bits per heavy atom. The number of hydrogen-bond acceptors (Lipinski definition) is 2. The maximum atomic E-state index is 4.26. The summed E-state index contributed by atoms with van der Waals surface area (Å²) >= 11 is 0.